The first-order chi connectivity index (χ1) is 13.6. The van der Waals surface area contributed by atoms with Crippen LogP contribution in [0.1, 0.15) is 5.69 Å². The van der Waals surface area contributed by atoms with Crippen LogP contribution in [0.25, 0.3) is 28.7 Å². The Morgan fingerprint density at radius 3 is 2.46 bits per heavy atom. The maximum Gasteiger partial charge on any atom is 0.280 e. The molecule has 8 nitrogen and oxygen atoms in total. The summed E-state index contributed by atoms with van der Waals surface area (Å²) in [6.07, 6.45) is 0. The van der Waals surface area contributed by atoms with Crippen molar-refractivity contribution in [2.45, 2.75) is 6.92 Å². The van der Waals surface area contributed by atoms with E-state index in [0.717, 1.165) is 21.4 Å². The molecule has 0 radical (unpaired) electrons. The molecule has 0 aliphatic rings. The summed E-state index contributed by atoms with van der Waals surface area (Å²) >= 11 is 3.43. The summed E-state index contributed by atoms with van der Waals surface area (Å²) in [6, 6.07) is 13.2. The van der Waals surface area contributed by atoms with Crippen LogP contribution >= 0.6 is 15.9 Å². The van der Waals surface area contributed by atoms with Crippen molar-refractivity contribution in [3.05, 3.63) is 52.6 Å². The second kappa shape index (κ2) is 7.43. The lowest BCUT2D eigenvalue weighted by Crippen LogP contribution is -1.98. The fourth-order valence-corrected chi connectivity index (χ4v) is 3.03. The number of hydrogen-bond acceptors (Lipinski definition) is 7. The predicted octanol–water partition coefficient (Wildman–Crippen LogP) is 4.07. The Morgan fingerprint density at radius 1 is 1.00 bits per heavy atom. The maximum atomic E-state index is 5.43. The highest BCUT2D eigenvalue weighted by atomic mass is 79.9. The van der Waals surface area contributed by atoms with Crippen LogP contribution in [0.2, 0.25) is 0 Å². The van der Waals surface area contributed by atoms with Crippen LogP contribution in [0.15, 0.2) is 51.5 Å². The molecule has 0 saturated heterocycles. The Kier molecular flexibility index (Phi) is 4.82. The van der Waals surface area contributed by atoms with Crippen LogP contribution in [0.4, 0.5) is 0 Å². The van der Waals surface area contributed by atoms with E-state index in [0.29, 0.717) is 28.9 Å². The Hall–Kier alpha value is -3.20. The van der Waals surface area contributed by atoms with E-state index in [1.54, 1.807) is 31.0 Å². The second-order valence-electron chi connectivity index (χ2n) is 5.90. The molecule has 0 atom stereocenters. The zero-order chi connectivity index (χ0) is 19.7. The summed E-state index contributed by atoms with van der Waals surface area (Å²) in [4.78, 5) is 4.47. The second-order valence-corrected chi connectivity index (χ2v) is 6.82. The van der Waals surface area contributed by atoms with Crippen molar-refractivity contribution in [2.75, 3.05) is 14.2 Å². The monoisotopic (exact) mass is 441 g/mol. The number of methoxy groups -OCH3 is 2. The molecule has 142 valence electrons. The Labute approximate surface area is 169 Å². The van der Waals surface area contributed by atoms with Crippen LogP contribution in [-0.4, -0.2) is 39.4 Å². The third-order valence-electron chi connectivity index (χ3n) is 4.24. The summed E-state index contributed by atoms with van der Waals surface area (Å²) in [5.74, 6) is 1.94. The van der Waals surface area contributed by atoms with Gasteiger partial charge in [-0.15, -0.1) is 5.10 Å². The van der Waals surface area contributed by atoms with E-state index in [9.17, 15) is 0 Å². The molecule has 2 aromatic heterocycles. The van der Waals surface area contributed by atoms with Gasteiger partial charge < -0.3 is 14.0 Å². The number of ether oxygens (including phenoxy) is 2. The van der Waals surface area contributed by atoms with Crippen LogP contribution in [-0.2, 0) is 0 Å². The smallest absolute Gasteiger partial charge is 0.280 e. The molecule has 0 amide bonds. The summed E-state index contributed by atoms with van der Waals surface area (Å²) in [7, 11) is 3.16. The largest absolute Gasteiger partial charge is 0.493 e. The first-order valence-electron chi connectivity index (χ1n) is 8.35. The molecule has 0 saturated carbocycles. The van der Waals surface area contributed by atoms with Gasteiger partial charge in [-0.3, -0.25) is 0 Å². The average molecular weight is 442 g/mol. The van der Waals surface area contributed by atoms with E-state index in [2.05, 4.69) is 36.4 Å². The molecule has 28 heavy (non-hydrogen) atoms. The number of hydrogen-bond donors (Lipinski definition) is 0. The summed E-state index contributed by atoms with van der Waals surface area (Å²) in [5, 5.41) is 12.5. The Bertz CT molecular complexity index is 1120. The molecule has 0 N–H and O–H groups in total. The normalized spacial score (nSPS) is 10.9. The molecule has 4 rings (SSSR count). The van der Waals surface area contributed by atoms with Gasteiger partial charge in [-0.05, 0) is 49.4 Å². The van der Waals surface area contributed by atoms with Crippen molar-refractivity contribution in [1.29, 1.82) is 0 Å². The quantitative estimate of drug-likeness (QED) is 0.460. The lowest BCUT2D eigenvalue weighted by molar-refractivity contribution is 0.355. The molecule has 0 aliphatic heterocycles. The third kappa shape index (κ3) is 3.24. The lowest BCUT2D eigenvalue weighted by Gasteiger charge is -2.07. The first kappa shape index (κ1) is 18.2. The fourth-order valence-electron chi connectivity index (χ4n) is 2.77. The number of benzene rings is 2. The lowest BCUT2D eigenvalue weighted by atomic mass is 10.2. The molecule has 0 fully saturated rings. The van der Waals surface area contributed by atoms with E-state index in [4.69, 9.17) is 14.0 Å². The van der Waals surface area contributed by atoms with E-state index < -0.39 is 0 Å². The predicted molar refractivity (Wildman–Crippen MR) is 106 cm³/mol. The molecule has 0 aliphatic carbocycles. The van der Waals surface area contributed by atoms with Gasteiger partial charge in [-0.25, -0.2) is 4.68 Å². The van der Waals surface area contributed by atoms with Gasteiger partial charge >= 0.3 is 0 Å². The van der Waals surface area contributed by atoms with Gasteiger partial charge in [0.2, 0.25) is 5.82 Å². The third-order valence-corrected chi connectivity index (χ3v) is 4.76. The van der Waals surface area contributed by atoms with Gasteiger partial charge in [0.05, 0.1) is 25.6 Å². The van der Waals surface area contributed by atoms with E-state index in [1.807, 2.05) is 37.3 Å². The Balaban J connectivity index is 1.68. The minimum Gasteiger partial charge on any atom is -0.493 e. The minimum absolute atomic E-state index is 0.297. The van der Waals surface area contributed by atoms with Crippen molar-refractivity contribution >= 4 is 15.9 Å². The van der Waals surface area contributed by atoms with Crippen molar-refractivity contribution in [3.8, 4) is 40.2 Å². The van der Waals surface area contributed by atoms with Crippen LogP contribution in [0.3, 0.4) is 0 Å². The van der Waals surface area contributed by atoms with Crippen LogP contribution in [0.5, 0.6) is 11.5 Å². The number of rotatable bonds is 5. The van der Waals surface area contributed by atoms with E-state index in [1.165, 1.54) is 0 Å². The van der Waals surface area contributed by atoms with Gasteiger partial charge in [0.1, 0.15) is 0 Å². The molecular weight excluding hydrogens is 426 g/mol. The Morgan fingerprint density at radius 2 is 1.75 bits per heavy atom. The summed E-state index contributed by atoms with van der Waals surface area (Å²) < 4.78 is 18.7. The summed E-state index contributed by atoms with van der Waals surface area (Å²) in [6.45, 7) is 1.90. The highest BCUT2D eigenvalue weighted by Gasteiger charge is 2.19. The molecule has 9 heteroatoms. The molecule has 2 heterocycles. The van der Waals surface area contributed by atoms with Crippen LogP contribution < -0.4 is 9.47 Å². The SMILES string of the molecule is COc1ccc(-c2noc(-c3nnn(-c4ccc(Br)cc4)c3C)n2)cc1OC. The molecule has 0 unspecified atom stereocenters. The summed E-state index contributed by atoms with van der Waals surface area (Å²) in [5.41, 5.74) is 2.96. The zero-order valence-corrected chi connectivity index (χ0v) is 17.0. The van der Waals surface area contributed by atoms with E-state index in [-0.39, 0.29) is 0 Å². The van der Waals surface area contributed by atoms with Crippen molar-refractivity contribution in [3.63, 3.8) is 0 Å². The van der Waals surface area contributed by atoms with Crippen molar-refractivity contribution in [1.82, 2.24) is 25.1 Å². The standard InChI is InChI=1S/C19H16BrN5O3/c1-11-17(22-24-25(11)14-7-5-13(20)6-8-14)19-21-18(23-28-19)12-4-9-15(26-2)16(10-12)27-3/h4-10H,1-3H3. The first-order valence-corrected chi connectivity index (χ1v) is 9.14. The minimum atomic E-state index is 0.297. The number of halogens is 1. The van der Waals surface area contributed by atoms with E-state index >= 15 is 0 Å². The molecule has 2 aromatic carbocycles. The molecule has 4 aromatic rings. The van der Waals surface area contributed by atoms with Crippen LogP contribution in [0, 0.1) is 6.92 Å². The van der Waals surface area contributed by atoms with Crippen molar-refractivity contribution < 1.29 is 14.0 Å². The molecular formula is C19H16BrN5O3. The van der Waals surface area contributed by atoms with Gasteiger partial charge in [-0.1, -0.05) is 26.3 Å². The van der Waals surface area contributed by atoms with Gasteiger partial charge in [0.15, 0.2) is 17.2 Å². The highest BCUT2D eigenvalue weighted by Crippen LogP contribution is 2.32. The highest BCUT2D eigenvalue weighted by molar-refractivity contribution is 9.10. The number of nitrogens with zero attached hydrogens (tertiary/aromatic N) is 5. The topological polar surface area (TPSA) is 88.1 Å². The van der Waals surface area contributed by atoms with Gasteiger partial charge in [0.25, 0.3) is 5.89 Å². The zero-order valence-electron chi connectivity index (χ0n) is 15.4. The van der Waals surface area contributed by atoms with Crippen molar-refractivity contribution in [2.24, 2.45) is 0 Å². The average Bonchev–Trinajstić information content (AvgIpc) is 3.35. The maximum absolute atomic E-state index is 5.43. The number of aromatic nitrogens is 5. The molecule has 0 spiro atoms. The molecule has 0 bridgehead atoms. The van der Waals surface area contributed by atoms with Gasteiger partial charge in [-0.2, -0.15) is 4.98 Å². The fraction of sp³-hybridized carbons (Fsp3) is 0.158. The van der Waals surface area contributed by atoms with Gasteiger partial charge in [0, 0.05) is 10.0 Å².